The zero-order valence-corrected chi connectivity index (χ0v) is 10.9. The third-order valence-electron chi connectivity index (χ3n) is 2.55. The first-order valence-corrected chi connectivity index (χ1v) is 6.88. The predicted molar refractivity (Wildman–Crippen MR) is 72.3 cm³/mol. The lowest BCUT2D eigenvalue weighted by atomic mass is 10.2. The van der Waals surface area contributed by atoms with Crippen molar-refractivity contribution in [3.63, 3.8) is 0 Å². The standard InChI is InChI=1S/C13H21NOS/c1-3-12(14)10-16-9-8-11-4-6-13(15-2)7-5-11/h4-7,12H,3,8-10,14H2,1-2H3. The van der Waals surface area contributed by atoms with Crippen molar-refractivity contribution in [2.24, 2.45) is 5.73 Å². The Labute approximate surface area is 103 Å². The first kappa shape index (κ1) is 13.4. The van der Waals surface area contributed by atoms with Crippen LogP contribution < -0.4 is 10.5 Å². The molecule has 0 bridgehead atoms. The van der Waals surface area contributed by atoms with Gasteiger partial charge in [0.1, 0.15) is 5.75 Å². The van der Waals surface area contributed by atoms with E-state index in [1.165, 1.54) is 5.56 Å². The third kappa shape index (κ3) is 4.90. The molecule has 0 saturated heterocycles. The van der Waals surface area contributed by atoms with Crippen LogP contribution in [0.25, 0.3) is 0 Å². The summed E-state index contributed by atoms with van der Waals surface area (Å²) in [5, 5.41) is 0. The highest BCUT2D eigenvalue weighted by atomic mass is 32.2. The van der Waals surface area contributed by atoms with Crippen LogP contribution in [0.5, 0.6) is 5.75 Å². The SMILES string of the molecule is CCC(N)CSCCc1ccc(OC)cc1. The fourth-order valence-electron chi connectivity index (χ4n) is 1.33. The number of aryl methyl sites for hydroxylation is 1. The number of methoxy groups -OCH3 is 1. The van der Waals surface area contributed by atoms with Gasteiger partial charge in [-0.05, 0) is 36.3 Å². The minimum atomic E-state index is 0.348. The molecular weight excluding hydrogens is 218 g/mol. The molecule has 2 nitrogen and oxygen atoms in total. The fraction of sp³-hybridized carbons (Fsp3) is 0.538. The van der Waals surface area contributed by atoms with Crippen LogP contribution in [0.15, 0.2) is 24.3 Å². The third-order valence-corrected chi connectivity index (χ3v) is 3.71. The van der Waals surface area contributed by atoms with Crippen molar-refractivity contribution in [2.45, 2.75) is 25.8 Å². The van der Waals surface area contributed by atoms with Crippen molar-refractivity contribution in [1.82, 2.24) is 0 Å². The summed E-state index contributed by atoms with van der Waals surface area (Å²) in [6.07, 6.45) is 2.17. The molecule has 0 radical (unpaired) electrons. The molecule has 0 amide bonds. The van der Waals surface area contributed by atoms with E-state index in [1.54, 1.807) is 7.11 Å². The largest absolute Gasteiger partial charge is 0.497 e. The quantitative estimate of drug-likeness (QED) is 0.743. The molecule has 1 unspecified atom stereocenters. The highest BCUT2D eigenvalue weighted by Gasteiger charge is 1.99. The van der Waals surface area contributed by atoms with Crippen LogP contribution in [0, 0.1) is 0 Å². The maximum absolute atomic E-state index is 5.85. The van der Waals surface area contributed by atoms with Crippen molar-refractivity contribution in [3.05, 3.63) is 29.8 Å². The summed E-state index contributed by atoms with van der Waals surface area (Å²) in [6.45, 7) is 2.13. The molecule has 0 aliphatic rings. The van der Waals surface area contributed by atoms with E-state index in [4.69, 9.17) is 10.5 Å². The molecule has 2 N–H and O–H groups in total. The normalized spacial score (nSPS) is 12.4. The zero-order chi connectivity index (χ0) is 11.8. The van der Waals surface area contributed by atoms with Crippen LogP contribution in [0.1, 0.15) is 18.9 Å². The van der Waals surface area contributed by atoms with Crippen LogP contribution in [-0.2, 0) is 6.42 Å². The second-order valence-corrected chi connectivity index (χ2v) is 4.99. The van der Waals surface area contributed by atoms with E-state index in [9.17, 15) is 0 Å². The maximum Gasteiger partial charge on any atom is 0.118 e. The summed E-state index contributed by atoms with van der Waals surface area (Å²) in [5.74, 6) is 3.12. The molecule has 16 heavy (non-hydrogen) atoms. The molecule has 1 rings (SSSR count). The molecule has 0 saturated carbocycles. The summed E-state index contributed by atoms with van der Waals surface area (Å²) < 4.78 is 5.12. The number of benzene rings is 1. The molecule has 0 heterocycles. The Bertz CT molecular complexity index is 286. The molecule has 0 aliphatic heterocycles. The van der Waals surface area contributed by atoms with Crippen molar-refractivity contribution in [1.29, 1.82) is 0 Å². The van der Waals surface area contributed by atoms with E-state index in [0.29, 0.717) is 6.04 Å². The molecule has 1 aromatic carbocycles. The Morgan fingerprint density at radius 2 is 2.00 bits per heavy atom. The monoisotopic (exact) mass is 239 g/mol. The van der Waals surface area contributed by atoms with Gasteiger partial charge in [0.25, 0.3) is 0 Å². The van der Waals surface area contributed by atoms with Crippen molar-refractivity contribution >= 4 is 11.8 Å². The van der Waals surface area contributed by atoms with Crippen molar-refractivity contribution < 1.29 is 4.74 Å². The number of nitrogens with two attached hydrogens (primary N) is 1. The lowest BCUT2D eigenvalue weighted by Crippen LogP contribution is -2.21. The minimum Gasteiger partial charge on any atom is -0.497 e. The van der Waals surface area contributed by atoms with Gasteiger partial charge in [-0.1, -0.05) is 19.1 Å². The van der Waals surface area contributed by atoms with E-state index in [0.717, 1.165) is 30.1 Å². The van der Waals surface area contributed by atoms with Gasteiger partial charge in [0.15, 0.2) is 0 Å². The molecule has 0 spiro atoms. The lowest BCUT2D eigenvalue weighted by Gasteiger charge is -2.08. The maximum atomic E-state index is 5.85. The number of thioether (sulfide) groups is 1. The van der Waals surface area contributed by atoms with Crippen molar-refractivity contribution in [2.75, 3.05) is 18.6 Å². The average molecular weight is 239 g/mol. The van der Waals surface area contributed by atoms with Gasteiger partial charge in [-0.3, -0.25) is 0 Å². The molecular formula is C13H21NOS. The summed E-state index contributed by atoms with van der Waals surface area (Å²) in [7, 11) is 1.69. The van der Waals surface area contributed by atoms with Gasteiger partial charge in [-0.15, -0.1) is 0 Å². The summed E-state index contributed by atoms with van der Waals surface area (Å²) >= 11 is 1.93. The van der Waals surface area contributed by atoms with Gasteiger partial charge in [0.2, 0.25) is 0 Å². The highest BCUT2D eigenvalue weighted by molar-refractivity contribution is 7.99. The number of hydrogen-bond acceptors (Lipinski definition) is 3. The Kier molecular flexibility index (Phi) is 6.34. The van der Waals surface area contributed by atoms with E-state index >= 15 is 0 Å². The minimum absolute atomic E-state index is 0.348. The second kappa shape index (κ2) is 7.58. The van der Waals surface area contributed by atoms with Crippen LogP contribution in [0.2, 0.25) is 0 Å². The summed E-state index contributed by atoms with van der Waals surface area (Å²) in [5.41, 5.74) is 7.21. The van der Waals surface area contributed by atoms with Gasteiger partial charge in [-0.25, -0.2) is 0 Å². The van der Waals surface area contributed by atoms with Crippen LogP contribution >= 0.6 is 11.8 Å². The van der Waals surface area contributed by atoms with Gasteiger partial charge in [-0.2, -0.15) is 11.8 Å². The zero-order valence-electron chi connectivity index (χ0n) is 10.1. The Hall–Kier alpha value is -0.670. The van der Waals surface area contributed by atoms with Crippen LogP contribution in [-0.4, -0.2) is 24.7 Å². The fourth-order valence-corrected chi connectivity index (χ4v) is 2.42. The van der Waals surface area contributed by atoms with Gasteiger partial charge < -0.3 is 10.5 Å². The van der Waals surface area contributed by atoms with E-state index in [2.05, 4.69) is 19.1 Å². The van der Waals surface area contributed by atoms with Gasteiger partial charge >= 0.3 is 0 Å². The number of rotatable bonds is 7. The number of hydrogen-bond donors (Lipinski definition) is 1. The second-order valence-electron chi connectivity index (χ2n) is 3.84. The Morgan fingerprint density at radius 1 is 1.31 bits per heavy atom. The summed E-state index contributed by atoms with van der Waals surface area (Å²) in [6, 6.07) is 8.62. The van der Waals surface area contributed by atoms with E-state index < -0.39 is 0 Å². The van der Waals surface area contributed by atoms with Crippen molar-refractivity contribution in [3.8, 4) is 5.75 Å². The lowest BCUT2D eigenvalue weighted by molar-refractivity contribution is 0.414. The Morgan fingerprint density at radius 3 is 2.56 bits per heavy atom. The van der Waals surface area contributed by atoms with E-state index in [-0.39, 0.29) is 0 Å². The van der Waals surface area contributed by atoms with Crippen LogP contribution in [0.3, 0.4) is 0 Å². The number of ether oxygens (including phenoxy) is 1. The molecule has 0 aromatic heterocycles. The Balaban J connectivity index is 2.21. The first-order chi connectivity index (χ1) is 7.76. The van der Waals surface area contributed by atoms with Gasteiger partial charge in [0.05, 0.1) is 7.11 Å². The summed E-state index contributed by atoms with van der Waals surface area (Å²) in [4.78, 5) is 0. The topological polar surface area (TPSA) is 35.2 Å². The smallest absolute Gasteiger partial charge is 0.118 e. The van der Waals surface area contributed by atoms with E-state index in [1.807, 2.05) is 23.9 Å². The predicted octanol–water partition coefficient (Wildman–Crippen LogP) is 2.71. The molecule has 0 aliphatic carbocycles. The first-order valence-electron chi connectivity index (χ1n) is 5.72. The highest BCUT2D eigenvalue weighted by Crippen LogP contribution is 2.13. The molecule has 1 aromatic rings. The molecule has 0 fully saturated rings. The molecule has 1 atom stereocenters. The van der Waals surface area contributed by atoms with Crippen LogP contribution in [0.4, 0.5) is 0 Å². The molecule has 3 heteroatoms. The van der Waals surface area contributed by atoms with Gasteiger partial charge in [0, 0.05) is 11.8 Å². The molecule has 90 valence electrons. The average Bonchev–Trinajstić information content (AvgIpc) is 2.35.